The van der Waals surface area contributed by atoms with Gasteiger partial charge in [-0.3, -0.25) is 86.3 Å². The first kappa shape index (κ1) is 113. The Morgan fingerprint density at radius 1 is 0.450 bits per heavy atom. The number of aromatic hydroxyl groups is 1. The van der Waals surface area contributed by atoms with E-state index in [0.29, 0.717) is 11.1 Å². The Morgan fingerprint density at radius 3 is 1.36 bits per heavy atom. The maximum atomic E-state index is 14.6. The number of thioether (sulfide) groups is 1. The number of unbranched alkanes of at least 4 members (excludes halogenated alkanes) is 1. The van der Waals surface area contributed by atoms with Gasteiger partial charge in [0.25, 0.3) is 0 Å². The third kappa shape index (κ3) is 39.8. The quantitative estimate of drug-likeness (QED) is 0.0274. The van der Waals surface area contributed by atoms with Crippen LogP contribution in [-0.4, -0.2) is 318 Å². The van der Waals surface area contributed by atoms with Crippen molar-refractivity contribution < 1.29 is 132 Å². The van der Waals surface area contributed by atoms with Crippen molar-refractivity contribution in [2.75, 3.05) is 44.9 Å². The van der Waals surface area contributed by atoms with Crippen LogP contribution in [0, 0.1) is 17.8 Å². The van der Waals surface area contributed by atoms with Gasteiger partial charge in [-0.15, -0.1) is 0 Å². The second-order valence-electron chi connectivity index (χ2n) is 33.3. The number of nitrogens with zero attached hydrogens (tertiary/aromatic N) is 1. The number of nitrogens with one attached hydrogen (secondary N) is 15. The van der Waals surface area contributed by atoms with Gasteiger partial charge in [-0.05, 0) is 158 Å². The molecule has 47 heteroatoms. The van der Waals surface area contributed by atoms with Gasteiger partial charge in [-0.1, -0.05) is 84.0 Å². The molecule has 1 fully saturated rings. The highest BCUT2D eigenvalue weighted by Gasteiger charge is 2.44. The Hall–Kier alpha value is -11.8. The molecule has 1 aliphatic heterocycles. The minimum absolute atomic E-state index is 0.00149. The maximum Gasteiger partial charge on any atom is 0.326 e. The Labute approximate surface area is 762 Å². The molecule has 0 saturated carbocycles. The minimum atomic E-state index is -2.06. The molecular formula is C84H133N19O27S. The molecule has 0 aromatic heterocycles. The van der Waals surface area contributed by atoms with Crippen LogP contribution in [0.15, 0.2) is 54.6 Å². The van der Waals surface area contributed by atoms with Gasteiger partial charge in [0, 0.05) is 25.8 Å². The highest BCUT2D eigenvalue weighted by atomic mass is 32.2. The summed E-state index contributed by atoms with van der Waals surface area (Å²) in [6.07, 6.45) is -6.46. The summed E-state index contributed by atoms with van der Waals surface area (Å²) < 4.78 is 0. The number of hydrogen-bond acceptors (Lipinski definition) is 28. The maximum absolute atomic E-state index is 14.6. The largest absolute Gasteiger partial charge is 0.508 e. The number of carbonyl (C=O) groups excluding carboxylic acids is 17. The van der Waals surface area contributed by atoms with Gasteiger partial charge in [-0.25, -0.2) is 4.79 Å². The molecule has 46 nitrogen and oxygen atoms in total. The van der Waals surface area contributed by atoms with Gasteiger partial charge in [0.05, 0.1) is 44.1 Å². The summed E-state index contributed by atoms with van der Waals surface area (Å²) in [6.45, 7) is 11.3. The van der Waals surface area contributed by atoms with Gasteiger partial charge >= 0.3 is 11.9 Å². The molecule has 29 N–H and O–H groups in total. The molecule has 2 aromatic carbocycles. The Bertz CT molecular complexity index is 4190. The number of carbonyl (C=O) groups is 19. The monoisotopic (exact) mass is 1870 g/mol. The van der Waals surface area contributed by atoms with Crippen molar-refractivity contribution in [2.24, 2.45) is 35.0 Å². The Kier molecular flexibility index (Phi) is 49.7. The third-order valence-electron chi connectivity index (χ3n) is 20.8. The number of rotatable bonds is 59. The minimum Gasteiger partial charge on any atom is -0.508 e. The van der Waals surface area contributed by atoms with Crippen molar-refractivity contribution in [3.63, 3.8) is 0 Å². The van der Waals surface area contributed by atoms with E-state index in [1.165, 1.54) is 37.7 Å². The standard InChI is InChI=1S/C84H133N19O27S/c1-41(2)34-56(76(121)99-65(43(5)6)80(125)101-67(46(9)107)81(126)96-58(84(129)130)35-42(3)4)95-79(124)61-21-17-32-103(61)83(128)68(47(10)108)102-73(118)53(26-28-62(87)110)92-77(122)59(39-104)97-71(116)52(20-15-16-31-85)91-72(117)54(27-29-64(112)113)93-78(123)60(40-105)98-82(127)66(45(8)106)100-74(119)55(30-33-131-11)94-75(120)57(37-48-18-13-12-14-19-48)90-63(111)38-88-69(114)44(7)89-70(115)51(86)36-49-22-24-50(109)25-23-49/h12-14,18-19,22-25,41-47,51-61,65-68,104-109H,15-17,20-21,26-40,85-86H2,1-11H3,(H2,87,110)(H,88,114)(H,89,115)(H,90,111)(H,91,117)(H,92,122)(H,93,123)(H,94,120)(H,95,124)(H,96,126)(H,97,116)(H,98,127)(H,99,121)(H,100,119)(H,101,125)(H,102,118)(H,112,113)(H,129,130)/t44-,45-,46-,47-,51+,52+,53+,54+,55+,56+,57+,58+,59+,60+,61+,65+,66+,67+,68+/m1/s1. The zero-order chi connectivity index (χ0) is 98.8. The molecule has 0 bridgehead atoms. The van der Waals surface area contributed by atoms with Gasteiger partial charge in [0.1, 0.15) is 96.4 Å². The lowest BCUT2D eigenvalue weighted by Crippen LogP contribution is -2.63. The number of benzene rings is 2. The number of carboxylic acid groups (broad SMARTS) is 2. The molecule has 131 heavy (non-hydrogen) atoms. The fourth-order valence-corrected chi connectivity index (χ4v) is 14.0. The number of likely N-dealkylation sites (tertiary alicyclic amines) is 1. The van der Waals surface area contributed by atoms with Crippen LogP contribution in [0.1, 0.15) is 157 Å². The summed E-state index contributed by atoms with van der Waals surface area (Å²) in [4.78, 5) is 261. The lowest BCUT2D eigenvalue weighted by Gasteiger charge is -2.32. The number of aliphatic carboxylic acids is 2. The smallest absolute Gasteiger partial charge is 0.326 e. The summed E-state index contributed by atoms with van der Waals surface area (Å²) in [5.74, 6) is -21.9. The van der Waals surface area contributed by atoms with Crippen LogP contribution in [0.4, 0.5) is 0 Å². The van der Waals surface area contributed by atoms with Gasteiger partial charge in [0.15, 0.2) is 0 Å². The normalized spacial score (nSPS) is 16.6. The average Bonchev–Trinajstić information content (AvgIpc) is 1.68. The Balaban J connectivity index is 1.83. The summed E-state index contributed by atoms with van der Waals surface area (Å²) in [5.41, 5.74) is 18.4. The van der Waals surface area contributed by atoms with E-state index in [1.807, 2.05) is 0 Å². The second-order valence-corrected chi connectivity index (χ2v) is 34.3. The van der Waals surface area contributed by atoms with Crippen molar-refractivity contribution in [3.8, 4) is 5.75 Å². The first-order valence-corrected chi connectivity index (χ1v) is 44.6. The second kappa shape index (κ2) is 57.4. The fourth-order valence-electron chi connectivity index (χ4n) is 13.5. The predicted molar refractivity (Wildman–Crippen MR) is 472 cm³/mol. The summed E-state index contributed by atoms with van der Waals surface area (Å²) in [6, 6.07) is -11.8. The first-order chi connectivity index (χ1) is 61.6. The Morgan fingerprint density at radius 2 is 0.878 bits per heavy atom. The number of amides is 17. The molecule has 0 unspecified atom stereocenters. The van der Waals surface area contributed by atoms with Crippen molar-refractivity contribution >= 4 is 124 Å². The molecule has 19 atom stereocenters. The number of aliphatic hydroxyl groups is 5. The molecular weight excluding hydrogens is 1740 g/mol. The van der Waals surface area contributed by atoms with Gasteiger partial charge in [0.2, 0.25) is 100 Å². The van der Waals surface area contributed by atoms with Gasteiger partial charge < -0.3 is 143 Å². The molecule has 1 saturated heterocycles. The topological polar surface area (TPSA) is 748 Å². The van der Waals surface area contributed by atoms with E-state index in [9.17, 15) is 132 Å². The first-order valence-electron chi connectivity index (χ1n) is 43.2. The van der Waals surface area contributed by atoms with Crippen LogP contribution in [0.3, 0.4) is 0 Å². The van der Waals surface area contributed by atoms with E-state index >= 15 is 0 Å². The fraction of sp³-hybridized carbons (Fsp3) is 0.631. The van der Waals surface area contributed by atoms with Crippen LogP contribution in [0.25, 0.3) is 0 Å². The summed E-state index contributed by atoms with van der Waals surface area (Å²) >= 11 is 1.24. The lowest BCUT2D eigenvalue weighted by molar-refractivity contribution is -0.145. The molecule has 2 aromatic rings. The number of primary amides is 1. The number of phenols is 1. The number of carboxylic acids is 2. The van der Waals surface area contributed by atoms with Gasteiger partial charge in [-0.2, -0.15) is 11.8 Å². The molecule has 17 amide bonds. The molecule has 0 radical (unpaired) electrons. The lowest BCUT2D eigenvalue weighted by atomic mass is 9.98. The predicted octanol–water partition coefficient (Wildman–Crippen LogP) is -7.61. The molecule has 1 heterocycles. The molecule has 0 spiro atoms. The third-order valence-corrected chi connectivity index (χ3v) is 21.4. The molecule has 1 aliphatic rings. The van der Waals surface area contributed by atoms with Crippen molar-refractivity contribution in [2.45, 2.75) is 274 Å². The van der Waals surface area contributed by atoms with Crippen molar-refractivity contribution in [1.82, 2.24) is 84.7 Å². The van der Waals surface area contributed by atoms with Crippen LogP contribution in [0.5, 0.6) is 5.75 Å². The number of hydrogen-bond donors (Lipinski definition) is 26. The van der Waals surface area contributed by atoms with E-state index in [2.05, 4.69) is 79.8 Å². The van der Waals surface area contributed by atoms with Crippen molar-refractivity contribution in [3.05, 3.63) is 65.7 Å². The van der Waals surface area contributed by atoms with E-state index < -0.39 is 279 Å². The number of phenolic OH excluding ortho intramolecular Hbond substituents is 1. The van der Waals surface area contributed by atoms with E-state index in [1.54, 1.807) is 90.3 Å². The zero-order valence-corrected chi connectivity index (χ0v) is 76.3. The highest BCUT2D eigenvalue weighted by Crippen LogP contribution is 2.22. The van der Waals surface area contributed by atoms with Crippen LogP contribution in [-0.2, 0) is 104 Å². The SMILES string of the molecule is CSCC[C@H](NC(=O)[C@H](Cc1ccccc1)NC(=O)CNC(=O)[C@@H](C)NC(=O)[C@@H](N)Cc1ccc(O)cc1)C(=O)N[C@H](C(=O)N[C@@H](CO)C(=O)N[C@@H](CCC(=O)O)C(=O)N[C@@H](CCCCN)C(=O)N[C@@H](CO)C(=O)N[C@@H](CCC(N)=O)C(=O)N[C@H](C(=O)N1CCC[C@H]1C(=O)N[C@@H](CC(C)C)C(=O)N[C@H](C(=O)N[C@H](C(=O)N[C@@H](CC(C)C)C(=O)O)[C@@H](C)O)C(C)C)[C@@H](C)O)[C@@H](C)O. The molecule has 0 aliphatic carbocycles. The highest BCUT2D eigenvalue weighted by molar-refractivity contribution is 7.98. The molecule has 3 rings (SSSR count). The average molecular weight is 1870 g/mol. The number of aliphatic hydroxyl groups excluding tert-OH is 5. The van der Waals surface area contributed by atoms with E-state index in [4.69, 9.17) is 17.2 Å². The summed E-state index contributed by atoms with van der Waals surface area (Å²) in [5, 5.41) is 119. The summed E-state index contributed by atoms with van der Waals surface area (Å²) in [7, 11) is 0. The zero-order valence-electron chi connectivity index (χ0n) is 75.5. The van der Waals surface area contributed by atoms with E-state index in [0.717, 1.165) is 18.7 Å². The van der Waals surface area contributed by atoms with Crippen LogP contribution < -0.4 is 97.0 Å². The van der Waals surface area contributed by atoms with Crippen LogP contribution in [0.2, 0.25) is 0 Å². The van der Waals surface area contributed by atoms with Crippen molar-refractivity contribution in [1.29, 1.82) is 0 Å². The number of nitrogens with two attached hydrogens (primary N) is 3. The molecule has 732 valence electrons. The van der Waals surface area contributed by atoms with Crippen LogP contribution >= 0.6 is 11.8 Å². The van der Waals surface area contributed by atoms with E-state index in [-0.39, 0.29) is 101 Å².